The summed E-state index contributed by atoms with van der Waals surface area (Å²) in [5.74, 6) is -0.355. The average Bonchev–Trinajstić information content (AvgIpc) is 3.49. The third-order valence-electron chi connectivity index (χ3n) is 4.93. The van der Waals surface area contributed by atoms with Crippen LogP contribution in [-0.4, -0.2) is 47.0 Å². The van der Waals surface area contributed by atoms with E-state index in [2.05, 4.69) is 25.5 Å². The molecule has 2 aromatic heterocycles. The van der Waals surface area contributed by atoms with Gasteiger partial charge in [-0.05, 0) is 31.2 Å². The van der Waals surface area contributed by atoms with Crippen molar-refractivity contribution in [1.82, 2.24) is 39.7 Å². The molecule has 0 bridgehead atoms. The maximum absolute atomic E-state index is 13.9. The van der Waals surface area contributed by atoms with E-state index in [1.807, 2.05) is 0 Å². The first kappa shape index (κ1) is 23.6. The van der Waals surface area contributed by atoms with Crippen molar-refractivity contribution >= 4 is 29.2 Å². The fraction of sp³-hybridized carbons (Fsp3) is 0.190. The molecule has 13 heteroatoms. The van der Waals surface area contributed by atoms with Crippen molar-refractivity contribution < 1.29 is 13.6 Å². The number of rotatable bonds is 7. The quantitative estimate of drug-likeness (QED) is 0.406. The fourth-order valence-electron chi connectivity index (χ4n) is 3.19. The summed E-state index contributed by atoms with van der Waals surface area (Å²) in [4.78, 5) is 22.7. The highest BCUT2D eigenvalue weighted by Gasteiger charge is 2.18. The number of benzene rings is 2. The molecule has 0 aliphatic carbocycles. The third kappa shape index (κ3) is 5.00. The lowest BCUT2D eigenvalue weighted by Gasteiger charge is -2.21. The van der Waals surface area contributed by atoms with Crippen LogP contribution in [0.25, 0.3) is 11.4 Å². The molecule has 2 heterocycles. The molecule has 0 radical (unpaired) electrons. The summed E-state index contributed by atoms with van der Waals surface area (Å²) < 4.78 is 30.6. The maximum Gasteiger partial charge on any atom is 0.318 e. The van der Waals surface area contributed by atoms with Crippen molar-refractivity contribution in [2.75, 3.05) is 6.54 Å². The second-order valence-electron chi connectivity index (χ2n) is 7.05. The summed E-state index contributed by atoms with van der Waals surface area (Å²) in [6.07, 6.45) is 2.63. The van der Waals surface area contributed by atoms with Crippen molar-refractivity contribution in [3.63, 3.8) is 0 Å². The Bertz CT molecular complexity index is 1330. The Morgan fingerprint density at radius 2 is 1.47 bits per heavy atom. The predicted octanol–water partition coefficient (Wildman–Crippen LogP) is 4.16. The van der Waals surface area contributed by atoms with Crippen LogP contribution in [0.5, 0.6) is 0 Å². The standard InChI is InChI=1S/C21H18Cl2F2N8O/c1-2-31(10-20-28-12-30-33(20)14-4-6-16(23)18(25)8-14)21(34)26-9-19-27-11-29-32(19)13-3-5-15(22)17(24)7-13/h3-8,11-12H,2,9-10H2,1H3,(H,26,34). The van der Waals surface area contributed by atoms with Crippen molar-refractivity contribution in [3.05, 3.63) is 82.4 Å². The highest BCUT2D eigenvalue weighted by atomic mass is 35.5. The van der Waals surface area contributed by atoms with Gasteiger partial charge in [0.15, 0.2) is 11.6 Å². The zero-order valence-electron chi connectivity index (χ0n) is 17.8. The summed E-state index contributed by atoms with van der Waals surface area (Å²) in [7, 11) is 0. The van der Waals surface area contributed by atoms with Gasteiger partial charge in [0.05, 0.1) is 34.5 Å². The van der Waals surface area contributed by atoms with Gasteiger partial charge in [-0.1, -0.05) is 23.2 Å². The van der Waals surface area contributed by atoms with Crippen molar-refractivity contribution in [2.45, 2.75) is 20.0 Å². The molecule has 0 fully saturated rings. The fourth-order valence-corrected chi connectivity index (χ4v) is 3.42. The Morgan fingerprint density at radius 1 is 0.941 bits per heavy atom. The molecule has 176 valence electrons. The van der Waals surface area contributed by atoms with Crippen LogP contribution in [0.4, 0.5) is 13.6 Å². The van der Waals surface area contributed by atoms with Gasteiger partial charge in [0.1, 0.15) is 24.3 Å². The largest absolute Gasteiger partial charge is 0.331 e. The lowest BCUT2D eigenvalue weighted by Crippen LogP contribution is -2.40. The Morgan fingerprint density at radius 3 is 2.00 bits per heavy atom. The Kier molecular flexibility index (Phi) is 7.03. The molecular formula is C21H18Cl2F2N8O. The highest BCUT2D eigenvalue weighted by Crippen LogP contribution is 2.20. The van der Waals surface area contributed by atoms with E-state index in [9.17, 15) is 13.6 Å². The maximum atomic E-state index is 13.9. The van der Waals surface area contributed by atoms with Crippen LogP contribution in [0.3, 0.4) is 0 Å². The minimum atomic E-state index is -0.591. The van der Waals surface area contributed by atoms with Crippen LogP contribution < -0.4 is 5.32 Å². The number of aromatic nitrogens is 6. The minimum absolute atomic E-state index is 0.00540. The Labute approximate surface area is 202 Å². The molecule has 4 aromatic rings. The van der Waals surface area contributed by atoms with Crippen LogP contribution in [0, 0.1) is 11.6 Å². The summed E-state index contributed by atoms with van der Waals surface area (Å²) in [5, 5.41) is 11.0. The van der Waals surface area contributed by atoms with E-state index in [0.29, 0.717) is 29.6 Å². The average molecular weight is 507 g/mol. The normalized spacial score (nSPS) is 11.0. The number of hydrogen-bond acceptors (Lipinski definition) is 5. The van der Waals surface area contributed by atoms with E-state index in [0.717, 1.165) is 0 Å². The zero-order valence-corrected chi connectivity index (χ0v) is 19.3. The topological polar surface area (TPSA) is 93.8 Å². The number of urea groups is 1. The van der Waals surface area contributed by atoms with Crippen LogP contribution >= 0.6 is 23.2 Å². The molecule has 2 aromatic carbocycles. The number of carbonyl (C=O) groups excluding carboxylic acids is 1. The van der Waals surface area contributed by atoms with E-state index >= 15 is 0 Å². The summed E-state index contributed by atoms with van der Waals surface area (Å²) in [6, 6.07) is 8.11. The van der Waals surface area contributed by atoms with Gasteiger partial charge in [-0.15, -0.1) is 0 Å². The van der Waals surface area contributed by atoms with Crippen LogP contribution in [-0.2, 0) is 13.1 Å². The minimum Gasteiger partial charge on any atom is -0.331 e. The summed E-state index contributed by atoms with van der Waals surface area (Å²) in [6.45, 7) is 2.32. The number of halogens is 4. The molecule has 9 nitrogen and oxygen atoms in total. The van der Waals surface area contributed by atoms with Gasteiger partial charge in [-0.3, -0.25) is 0 Å². The van der Waals surface area contributed by atoms with Gasteiger partial charge in [0, 0.05) is 18.7 Å². The molecule has 0 atom stereocenters. The molecule has 2 amide bonds. The summed E-state index contributed by atoms with van der Waals surface area (Å²) >= 11 is 11.5. The first-order chi connectivity index (χ1) is 16.4. The second kappa shape index (κ2) is 10.1. The van der Waals surface area contributed by atoms with Crippen molar-refractivity contribution in [3.8, 4) is 11.4 Å². The van der Waals surface area contributed by atoms with Crippen molar-refractivity contribution in [2.24, 2.45) is 0 Å². The molecule has 0 unspecified atom stereocenters. The first-order valence-electron chi connectivity index (χ1n) is 10.1. The number of carbonyl (C=O) groups is 1. The van der Waals surface area contributed by atoms with E-state index in [4.69, 9.17) is 23.2 Å². The van der Waals surface area contributed by atoms with Crippen molar-refractivity contribution in [1.29, 1.82) is 0 Å². The SMILES string of the molecule is CCN(Cc1ncnn1-c1ccc(Cl)c(F)c1)C(=O)NCc1ncnn1-c1ccc(Cl)c(F)c1. The Hall–Kier alpha value is -3.57. The molecule has 0 spiro atoms. The Balaban J connectivity index is 1.45. The number of hydrogen-bond donors (Lipinski definition) is 1. The second-order valence-corrected chi connectivity index (χ2v) is 7.86. The number of nitrogens with zero attached hydrogens (tertiary/aromatic N) is 7. The smallest absolute Gasteiger partial charge is 0.318 e. The molecule has 0 saturated carbocycles. The predicted molar refractivity (Wildman–Crippen MR) is 121 cm³/mol. The lowest BCUT2D eigenvalue weighted by molar-refractivity contribution is 0.195. The molecule has 1 N–H and O–H groups in total. The van der Waals surface area contributed by atoms with Gasteiger partial charge in [-0.25, -0.2) is 32.9 Å². The lowest BCUT2D eigenvalue weighted by atomic mass is 10.3. The van der Waals surface area contributed by atoms with Crippen LogP contribution in [0.2, 0.25) is 10.0 Å². The van der Waals surface area contributed by atoms with E-state index in [1.54, 1.807) is 19.1 Å². The van der Waals surface area contributed by atoms with Gasteiger partial charge < -0.3 is 10.2 Å². The summed E-state index contributed by atoms with van der Waals surface area (Å²) in [5.41, 5.74) is 0.841. The molecule has 0 saturated heterocycles. The van der Waals surface area contributed by atoms with Gasteiger partial charge in [-0.2, -0.15) is 10.2 Å². The molecule has 0 aliphatic rings. The van der Waals surface area contributed by atoms with Gasteiger partial charge in [0.2, 0.25) is 0 Å². The zero-order chi connectivity index (χ0) is 24.2. The van der Waals surface area contributed by atoms with Gasteiger partial charge >= 0.3 is 6.03 Å². The van der Waals surface area contributed by atoms with Crippen LogP contribution in [0.1, 0.15) is 18.6 Å². The van der Waals surface area contributed by atoms with Gasteiger partial charge in [0.25, 0.3) is 0 Å². The van der Waals surface area contributed by atoms with E-state index in [1.165, 1.54) is 51.2 Å². The molecule has 34 heavy (non-hydrogen) atoms. The first-order valence-corrected chi connectivity index (χ1v) is 10.8. The highest BCUT2D eigenvalue weighted by molar-refractivity contribution is 6.31. The van der Waals surface area contributed by atoms with E-state index in [-0.39, 0.29) is 23.1 Å². The number of nitrogens with one attached hydrogen (secondary N) is 1. The van der Waals surface area contributed by atoms with Crippen LogP contribution in [0.15, 0.2) is 49.1 Å². The molecule has 0 aliphatic heterocycles. The monoisotopic (exact) mass is 506 g/mol. The molecule has 4 rings (SSSR count). The molecular weight excluding hydrogens is 489 g/mol. The third-order valence-corrected chi connectivity index (χ3v) is 5.54. The van der Waals surface area contributed by atoms with E-state index < -0.39 is 17.7 Å². The number of amides is 2.